The molecule has 7 rings (SSSR count). The molecule has 2 aliphatic heterocycles. The van der Waals surface area contributed by atoms with Gasteiger partial charge in [0.25, 0.3) is 0 Å². The summed E-state index contributed by atoms with van der Waals surface area (Å²) in [5.41, 5.74) is 4.97. The summed E-state index contributed by atoms with van der Waals surface area (Å²) in [6.07, 6.45) is 7.28. The zero-order valence-electron chi connectivity index (χ0n) is 26.0. The number of halogens is 2. The van der Waals surface area contributed by atoms with E-state index in [0.29, 0.717) is 58.2 Å². The second-order valence-electron chi connectivity index (χ2n) is 12.7. The van der Waals surface area contributed by atoms with Crippen LogP contribution in [0.5, 0.6) is 0 Å². The summed E-state index contributed by atoms with van der Waals surface area (Å²) in [5.74, 6) is -0.941. The van der Waals surface area contributed by atoms with Crippen molar-refractivity contribution in [1.82, 2.24) is 24.6 Å². The van der Waals surface area contributed by atoms with Crippen molar-refractivity contribution in [1.29, 1.82) is 0 Å². The first-order valence-corrected chi connectivity index (χ1v) is 17.3. The van der Waals surface area contributed by atoms with Gasteiger partial charge in [0.05, 0.1) is 27.6 Å². The highest BCUT2D eigenvalue weighted by Gasteiger charge is 2.42. The van der Waals surface area contributed by atoms with Crippen molar-refractivity contribution in [2.24, 2.45) is 11.8 Å². The van der Waals surface area contributed by atoms with E-state index in [0.717, 1.165) is 49.9 Å². The van der Waals surface area contributed by atoms with Crippen LogP contribution in [0.1, 0.15) is 67.6 Å². The number of aryl methyl sites for hydroxylation is 2. The number of benzene rings is 1. The highest BCUT2D eigenvalue weighted by molar-refractivity contribution is 7.92. The van der Waals surface area contributed by atoms with Gasteiger partial charge in [-0.2, -0.15) is 0 Å². The molecule has 5 aromatic rings. The van der Waals surface area contributed by atoms with Gasteiger partial charge in [0.15, 0.2) is 21.5 Å². The molecule has 9 nitrogen and oxygen atoms in total. The van der Waals surface area contributed by atoms with Crippen molar-refractivity contribution in [2.75, 3.05) is 19.0 Å². The molecule has 46 heavy (non-hydrogen) atoms. The quantitative estimate of drug-likeness (QED) is 0.187. The third-order valence-electron chi connectivity index (χ3n) is 9.24. The number of rotatable bonds is 8. The molecule has 1 aromatic carbocycles. The summed E-state index contributed by atoms with van der Waals surface area (Å²) in [5, 5.41) is 8.45. The van der Waals surface area contributed by atoms with Crippen molar-refractivity contribution in [3.8, 4) is 22.6 Å². The molecule has 0 unspecified atom stereocenters. The van der Waals surface area contributed by atoms with Gasteiger partial charge in [0.2, 0.25) is 11.8 Å². The van der Waals surface area contributed by atoms with Crippen molar-refractivity contribution in [2.45, 2.75) is 63.7 Å². The molecule has 0 N–H and O–H groups in total. The molecular weight excluding hydrogens is 612 g/mol. The predicted molar refractivity (Wildman–Crippen MR) is 167 cm³/mol. The lowest BCUT2D eigenvalue weighted by molar-refractivity contribution is 0.0639. The first-order chi connectivity index (χ1) is 22.1. The molecule has 4 aromatic heterocycles. The largest absolute Gasteiger partial charge is 0.421 e. The van der Waals surface area contributed by atoms with Crippen molar-refractivity contribution in [3.05, 3.63) is 82.9 Å². The smallest absolute Gasteiger partial charge is 0.250 e. The lowest BCUT2D eigenvalue weighted by Gasteiger charge is -2.23. The number of imidazole rings is 1. The average Bonchev–Trinajstić information content (AvgIpc) is 3.72. The standard InChI is InChI=1S/C34H35F2N5O4S/c1-19(2)25-18-46(42,43)33-30(23-8-11-41-24(17-37-29(41)16-23)14-22-4-6-26(35)27(36)15-22)31(34-40-39-20(3)45-34)28(38-32(25)33)7-5-21-9-12-44-13-10-21/h4,6,8,11,15-17,19,21,25H,5,7,9-10,12-14,18H2,1-3H3/t25-/m0/s1. The molecule has 0 bridgehead atoms. The summed E-state index contributed by atoms with van der Waals surface area (Å²) < 4.78 is 68.8. The van der Waals surface area contributed by atoms with E-state index in [9.17, 15) is 17.2 Å². The molecule has 1 fully saturated rings. The minimum absolute atomic E-state index is 0.0181. The van der Waals surface area contributed by atoms with Crippen LogP contribution in [0.4, 0.5) is 8.78 Å². The van der Waals surface area contributed by atoms with E-state index in [1.807, 2.05) is 36.6 Å². The van der Waals surface area contributed by atoms with E-state index in [2.05, 4.69) is 15.2 Å². The Kier molecular flexibility index (Phi) is 7.96. The predicted octanol–water partition coefficient (Wildman–Crippen LogP) is 6.51. The fraction of sp³-hybridized carbons (Fsp3) is 0.412. The number of hydrogen-bond acceptors (Lipinski definition) is 8. The monoisotopic (exact) mass is 647 g/mol. The first kappa shape index (κ1) is 30.6. The number of ether oxygens (including phenoxy) is 1. The van der Waals surface area contributed by atoms with Crippen molar-refractivity contribution >= 4 is 15.5 Å². The topological polar surface area (TPSA) is 112 Å². The second-order valence-corrected chi connectivity index (χ2v) is 14.7. The minimum atomic E-state index is -3.71. The van der Waals surface area contributed by atoms with Gasteiger partial charge < -0.3 is 13.6 Å². The first-order valence-electron chi connectivity index (χ1n) is 15.7. The molecule has 0 aliphatic carbocycles. The van der Waals surface area contributed by atoms with E-state index in [1.165, 1.54) is 6.07 Å². The third kappa shape index (κ3) is 5.62. The van der Waals surface area contributed by atoms with E-state index >= 15 is 0 Å². The summed E-state index contributed by atoms with van der Waals surface area (Å²) in [4.78, 5) is 9.94. The van der Waals surface area contributed by atoms with E-state index < -0.39 is 21.5 Å². The van der Waals surface area contributed by atoms with Crippen molar-refractivity contribution < 1.29 is 26.4 Å². The Morgan fingerprint density at radius 2 is 1.85 bits per heavy atom. The Balaban J connectivity index is 1.40. The van der Waals surface area contributed by atoms with E-state index in [-0.39, 0.29) is 28.4 Å². The second kappa shape index (κ2) is 12.0. The number of sulfone groups is 1. The highest BCUT2D eigenvalue weighted by atomic mass is 32.2. The Bertz CT molecular complexity index is 2050. The summed E-state index contributed by atoms with van der Waals surface area (Å²) in [6.45, 7) is 7.23. The number of aromatic nitrogens is 5. The highest BCUT2D eigenvalue weighted by Crippen LogP contribution is 2.48. The van der Waals surface area contributed by atoms with Crippen LogP contribution in [-0.4, -0.2) is 52.0 Å². The summed E-state index contributed by atoms with van der Waals surface area (Å²) >= 11 is 0. The number of fused-ring (bicyclic) bond motifs is 2. The third-order valence-corrected chi connectivity index (χ3v) is 11.1. The molecule has 0 amide bonds. The van der Waals surface area contributed by atoms with Gasteiger partial charge in [0, 0.05) is 56.1 Å². The Hall–Kier alpha value is -4.03. The van der Waals surface area contributed by atoms with Crippen LogP contribution in [0.3, 0.4) is 0 Å². The maximum absolute atomic E-state index is 14.0. The zero-order valence-corrected chi connectivity index (χ0v) is 26.8. The molecule has 0 radical (unpaired) electrons. The minimum Gasteiger partial charge on any atom is -0.421 e. The summed E-state index contributed by atoms with van der Waals surface area (Å²) in [7, 11) is -3.71. The van der Waals surface area contributed by atoms with Gasteiger partial charge in [-0.1, -0.05) is 19.9 Å². The van der Waals surface area contributed by atoms with Crippen LogP contribution in [-0.2, 0) is 27.4 Å². The molecule has 6 heterocycles. The number of nitrogens with zero attached hydrogens (tertiary/aromatic N) is 5. The van der Waals surface area contributed by atoms with E-state index in [4.69, 9.17) is 14.1 Å². The SMILES string of the molecule is Cc1nnc(-c2c(CCC3CCOCC3)nc3c(c2-c2ccn4c(Cc5ccc(F)c(F)c5)cnc4c2)S(=O)(=O)C[C@H]3C(C)C)o1. The maximum atomic E-state index is 14.0. The Labute approximate surface area is 266 Å². The van der Waals surface area contributed by atoms with Gasteiger partial charge in [-0.3, -0.25) is 4.98 Å². The van der Waals surface area contributed by atoms with Crippen LogP contribution in [0.15, 0.2) is 52.0 Å². The molecule has 240 valence electrons. The molecule has 1 saturated heterocycles. The number of hydrogen-bond donors (Lipinski definition) is 0. The Morgan fingerprint density at radius 3 is 2.57 bits per heavy atom. The Morgan fingerprint density at radius 1 is 1.04 bits per heavy atom. The van der Waals surface area contributed by atoms with Gasteiger partial charge in [0.1, 0.15) is 5.65 Å². The molecule has 0 saturated carbocycles. The van der Waals surface area contributed by atoms with Crippen molar-refractivity contribution in [3.63, 3.8) is 0 Å². The fourth-order valence-corrected chi connectivity index (χ4v) is 8.98. The number of pyridine rings is 2. The molecule has 0 spiro atoms. The molecule has 12 heteroatoms. The summed E-state index contributed by atoms with van der Waals surface area (Å²) in [6, 6.07) is 7.54. The van der Waals surface area contributed by atoms with Crippen LogP contribution in [0.25, 0.3) is 28.2 Å². The maximum Gasteiger partial charge on any atom is 0.250 e. The van der Waals surface area contributed by atoms with Gasteiger partial charge >= 0.3 is 0 Å². The molecular formula is C34H35F2N5O4S. The lowest BCUT2D eigenvalue weighted by atomic mass is 9.88. The van der Waals surface area contributed by atoms with Gasteiger partial charge in [-0.15, -0.1) is 10.2 Å². The zero-order chi connectivity index (χ0) is 32.2. The lowest BCUT2D eigenvalue weighted by Crippen LogP contribution is -2.17. The van der Waals surface area contributed by atoms with Gasteiger partial charge in [-0.25, -0.2) is 22.2 Å². The van der Waals surface area contributed by atoms with Crippen LogP contribution in [0, 0.1) is 30.4 Å². The van der Waals surface area contributed by atoms with Crippen LogP contribution in [0.2, 0.25) is 0 Å². The average molecular weight is 648 g/mol. The van der Waals surface area contributed by atoms with Crippen LogP contribution >= 0.6 is 0 Å². The van der Waals surface area contributed by atoms with Crippen LogP contribution < -0.4 is 0 Å². The normalized spacial score (nSPS) is 18.1. The van der Waals surface area contributed by atoms with E-state index in [1.54, 1.807) is 19.2 Å². The van der Waals surface area contributed by atoms with Gasteiger partial charge in [-0.05, 0) is 72.9 Å². The fourth-order valence-electron chi connectivity index (χ4n) is 6.75. The molecule has 2 aliphatic rings. The molecule has 1 atom stereocenters.